The zero-order valence-corrected chi connectivity index (χ0v) is 12.6. The van der Waals surface area contributed by atoms with Gasteiger partial charge in [-0.25, -0.2) is 9.37 Å². The fraction of sp³-hybridized carbons (Fsp3) is 0.214. The van der Waals surface area contributed by atoms with E-state index in [2.05, 4.69) is 15.6 Å². The van der Waals surface area contributed by atoms with Crippen LogP contribution in [0, 0.1) is 12.7 Å². The number of aromatic nitrogens is 1. The van der Waals surface area contributed by atoms with Crippen LogP contribution in [0.15, 0.2) is 24.3 Å². The molecule has 3 nitrogen and oxygen atoms in total. The van der Waals surface area contributed by atoms with Gasteiger partial charge < -0.3 is 10.6 Å². The molecule has 0 unspecified atom stereocenters. The van der Waals surface area contributed by atoms with Crippen LogP contribution in [0.4, 0.5) is 21.7 Å². The van der Waals surface area contributed by atoms with Gasteiger partial charge in [0, 0.05) is 12.2 Å². The van der Waals surface area contributed by atoms with E-state index in [1.807, 2.05) is 6.92 Å². The van der Waals surface area contributed by atoms with Gasteiger partial charge in [-0.05, 0) is 43.7 Å². The van der Waals surface area contributed by atoms with Gasteiger partial charge in [0.2, 0.25) is 0 Å². The van der Waals surface area contributed by atoms with E-state index in [9.17, 15) is 4.39 Å². The third kappa shape index (κ3) is 3.32. The summed E-state index contributed by atoms with van der Waals surface area (Å²) in [5.74, 6) is 0.749. The number of nitrogens with one attached hydrogen (secondary N) is 2. The molecule has 0 saturated heterocycles. The average molecular weight is 314 g/mol. The maximum atomic E-state index is 13.1. The number of aryl methyl sites for hydroxylation is 1. The maximum absolute atomic E-state index is 13.1. The summed E-state index contributed by atoms with van der Waals surface area (Å²) in [7, 11) is 0. The van der Waals surface area contributed by atoms with E-state index in [1.165, 1.54) is 12.1 Å². The van der Waals surface area contributed by atoms with Crippen LogP contribution in [0.2, 0.25) is 10.0 Å². The first-order chi connectivity index (χ1) is 9.51. The van der Waals surface area contributed by atoms with E-state index in [4.69, 9.17) is 23.2 Å². The SMILES string of the molecule is CCNc1nc(Nc2ccc(F)cc2C)c(Cl)cc1Cl. The molecule has 1 aromatic carbocycles. The minimum Gasteiger partial charge on any atom is -0.369 e. The molecule has 6 heteroatoms. The third-order valence-corrected chi connectivity index (χ3v) is 3.29. The van der Waals surface area contributed by atoms with Crippen molar-refractivity contribution in [3.05, 3.63) is 45.7 Å². The van der Waals surface area contributed by atoms with Gasteiger partial charge in [-0.1, -0.05) is 23.2 Å². The Morgan fingerprint density at radius 1 is 1.15 bits per heavy atom. The fourth-order valence-corrected chi connectivity index (χ4v) is 2.21. The fourth-order valence-electron chi connectivity index (χ4n) is 1.74. The van der Waals surface area contributed by atoms with E-state index in [1.54, 1.807) is 19.1 Å². The highest BCUT2D eigenvalue weighted by molar-refractivity contribution is 6.37. The minimum atomic E-state index is -0.281. The number of benzene rings is 1. The van der Waals surface area contributed by atoms with Crippen molar-refractivity contribution in [2.24, 2.45) is 0 Å². The maximum Gasteiger partial charge on any atom is 0.151 e. The van der Waals surface area contributed by atoms with Gasteiger partial charge in [0.05, 0.1) is 10.0 Å². The van der Waals surface area contributed by atoms with Gasteiger partial charge >= 0.3 is 0 Å². The van der Waals surface area contributed by atoms with Gasteiger partial charge in [-0.15, -0.1) is 0 Å². The number of anilines is 3. The molecule has 106 valence electrons. The highest BCUT2D eigenvalue weighted by Crippen LogP contribution is 2.31. The van der Waals surface area contributed by atoms with Crippen LogP contribution in [0.5, 0.6) is 0 Å². The van der Waals surface area contributed by atoms with Gasteiger partial charge in [-0.2, -0.15) is 0 Å². The molecule has 1 aromatic heterocycles. The number of rotatable bonds is 4. The average Bonchev–Trinajstić information content (AvgIpc) is 2.38. The van der Waals surface area contributed by atoms with Crippen LogP contribution < -0.4 is 10.6 Å². The van der Waals surface area contributed by atoms with Crippen LogP contribution in [-0.4, -0.2) is 11.5 Å². The third-order valence-electron chi connectivity index (χ3n) is 2.72. The van der Waals surface area contributed by atoms with Gasteiger partial charge in [-0.3, -0.25) is 0 Å². The molecule has 0 amide bonds. The summed E-state index contributed by atoms with van der Waals surface area (Å²) < 4.78 is 13.1. The molecule has 1 heterocycles. The lowest BCUT2D eigenvalue weighted by molar-refractivity contribution is 0.627. The number of nitrogens with zero attached hydrogens (tertiary/aromatic N) is 1. The number of halogens is 3. The van der Waals surface area contributed by atoms with Crippen LogP contribution >= 0.6 is 23.2 Å². The van der Waals surface area contributed by atoms with Crippen molar-refractivity contribution in [1.29, 1.82) is 0 Å². The Hall–Kier alpha value is -1.52. The first-order valence-corrected chi connectivity index (χ1v) is 6.90. The van der Waals surface area contributed by atoms with Crippen molar-refractivity contribution in [3.63, 3.8) is 0 Å². The number of pyridine rings is 1. The van der Waals surface area contributed by atoms with Crippen LogP contribution in [0.3, 0.4) is 0 Å². The van der Waals surface area contributed by atoms with Crippen molar-refractivity contribution >= 4 is 40.5 Å². The van der Waals surface area contributed by atoms with Gasteiger partial charge in [0.15, 0.2) is 5.82 Å². The normalized spacial score (nSPS) is 10.4. The largest absolute Gasteiger partial charge is 0.369 e. The molecule has 0 spiro atoms. The zero-order valence-electron chi connectivity index (χ0n) is 11.1. The second-order valence-electron chi connectivity index (χ2n) is 4.26. The Morgan fingerprint density at radius 2 is 1.85 bits per heavy atom. The van der Waals surface area contributed by atoms with E-state index in [-0.39, 0.29) is 5.82 Å². The second-order valence-corrected chi connectivity index (χ2v) is 5.08. The molecule has 0 atom stereocenters. The summed E-state index contributed by atoms with van der Waals surface area (Å²) in [5, 5.41) is 7.00. The van der Waals surface area contributed by atoms with E-state index in [0.717, 1.165) is 11.3 Å². The highest BCUT2D eigenvalue weighted by atomic mass is 35.5. The molecule has 0 aliphatic heterocycles. The first kappa shape index (κ1) is 14.9. The number of hydrogen-bond donors (Lipinski definition) is 2. The lowest BCUT2D eigenvalue weighted by Gasteiger charge is -2.13. The topological polar surface area (TPSA) is 37.0 Å². The zero-order chi connectivity index (χ0) is 14.7. The van der Waals surface area contributed by atoms with Gasteiger partial charge in [0.25, 0.3) is 0 Å². The van der Waals surface area contributed by atoms with Crippen LogP contribution in [0.1, 0.15) is 12.5 Å². The van der Waals surface area contributed by atoms with E-state index in [0.29, 0.717) is 28.2 Å². The minimum absolute atomic E-state index is 0.281. The molecule has 0 fully saturated rings. The molecule has 2 aromatic rings. The summed E-state index contributed by atoms with van der Waals surface area (Å²) >= 11 is 12.2. The smallest absolute Gasteiger partial charge is 0.151 e. The molecule has 0 aliphatic carbocycles. The summed E-state index contributed by atoms with van der Waals surface area (Å²) in [6.07, 6.45) is 0. The predicted molar refractivity (Wildman–Crippen MR) is 82.8 cm³/mol. The summed E-state index contributed by atoms with van der Waals surface area (Å²) in [6.45, 7) is 4.45. The lowest BCUT2D eigenvalue weighted by atomic mass is 10.2. The van der Waals surface area contributed by atoms with Crippen molar-refractivity contribution in [2.75, 3.05) is 17.2 Å². The lowest BCUT2D eigenvalue weighted by Crippen LogP contribution is -2.03. The van der Waals surface area contributed by atoms with Crippen LogP contribution in [0.25, 0.3) is 0 Å². The Morgan fingerprint density at radius 3 is 2.50 bits per heavy atom. The summed E-state index contributed by atoms with van der Waals surface area (Å²) in [6, 6.07) is 6.08. The molecule has 0 saturated carbocycles. The Bertz CT molecular complexity index is 632. The quantitative estimate of drug-likeness (QED) is 0.833. The Balaban J connectivity index is 2.35. The van der Waals surface area contributed by atoms with Crippen molar-refractivity contribution in [1.82, 2.24) is 4.98 Å². The molecule has 0 bridgehead atoms. The molecule has 2 N–H and O–H groups in total. The van der Waals surface area contributed by atoms with E-state index < -0.39 is 0 Å². The molecule has 2 rings (SSSR count). The molecular formula is C14H14Cl2FN3. The van der Waals surface area contributed by atoms with E-state index >= 15 is 0 Å². The highest BCUT2D eigenvalue weighted by Gasteiger charge is 2.10. The monoisotopic (exact) mass is 313 g/mol. The number of hydrogen-bond acceptors (Lipinski definition) is 3. The van der Waals surface area contributed by atoms with Crippen molar-refractivity contribution < 1.29 is 4.39 Å². The Labute approximate surface area is 127 Å². The standard InChI is InChI=1S/C14H14Cl2FN3/c1-3-18-13-10(15)7-11(16)14(20-13)19-12-5-4-9(17)6-8(12)2/h4-7H,3H2,1-2H3,(H2,18,19,20). The van der Waals surface area contributed by atoms with Crippen molar-refractivity contribution in [3.8, 4) is 0 Å². The molecule has 20 heavy (non-hydrogen) atoms. The predicted octanol–water partition coefficient (Wildman–Crippen LogP) is 5.01. The second kappa shape index (κ2) is 6.29. The molecule has 0 aliphatic rings. The van der Waals surface area contributed by atoms with Crippen LogP contribution in [-0.2, 0) is 0 Å². The molecule has 0 radical (unpaired) electrons. The first-order valence-electron chi connectivity index (χ1n) is 6.14. The van der Waals surface area contributed by atoms with Crippen molar-refractivity contribution in [2.45, 2.75) is 13.8 Å². The van der Waals surface area contributed by atoms with Gasteiger partial charge in [0.1, 0.15) is 11.6 Å². The summed E-state index contributed by atoms with van der Waals surface area (Å²) in [5.41, 5.74) is 1.51. The molecular weight excluding hydrogens is 300 g/mol. The summed E-state index contributed by atoms with van der Waals surface area (Å²) in [4.78, 5) is 4.34. The Kier molecular flexibility index (Phi) is 4.68.